The van der Waals surface area contributed by atoms with Crippen LogP contribution in [0.3, 0.4) is 0 Å². The second-order valence-electron chi connectivity index (χ2n) is 8.04. The number of sulfonamides is 1. The maximum atomic E-state index is 13.3. The van der Waals surface area contributed by atoms with E-state index in [0.29, 0.717) is 30.0 Å². The quantitative estimate of drug-likeness (QED) is 0.449. The Kier molecular flexibility index (Phi) is 10.4. The number of ether oxygens (including phenoxy) is 2. The van der Waals surface area contributed by atoms with Crippen molar-refractivity contribution in [3.05, 3.63) is 54.1 Å². The fraction of sp³-hybridized carbons (Fsp3) is 0.440. The Morgan fingerprint density at radius 3 is 1.97 bits per heavy atom. The van der Waals surface area contributed by atoms with Gasteiger partial charge in [0.05, 0.1) is 26.2 Å². The summed E-state index contributed by atoms with van der Waals surface area (Å²) in [6.45, 7) is 2.23. The lowest BCUT2D eigenvalue weighted by atomic mass is 10.1. The van der Waals surface area contributed by atoms with Gasteiger partial charge in [-0.15, -0.1) is 0 Å². The number of methoxy groups -OCH3 is 2. The maximum Gasteiger partial charge on any atom is 0.242 e. The van der Waals surface area contributed by atoms with Gasteiger partial charge in [-0.25, -0.2) is 8.42 Å². The maximum absolute atomic E-state index is 13.3. The largest absolute Gasteiger partial charge is 0.497 e. The molecule has 0 saturated heterocycles. The Balaban J connectivity index is 2.17. The Labute approximate surface area is 208 Å². The zero-order chi connectivity index (χ0) is 26.0. The predicted molar refractivity (Wildman–Crippen MR) is 136 cm³/mol. The molecule has 2 amide bonds. The SMILES string of the molecule is CC[C@@H](C(=O)NC)N(Cc1ccc(OC)cc1)C(=O)CCCN(c1ccc(OC)cc1)S(C)(=O)=O. The van der Waals surface area contributed by atoms with Gasteiger partial charge < -0.3 is 19.7 Å². The molecule has 0 bridgehead atoms. The first-order valence-electron chi connectivity index (χ1n) is 11.4. The Morgan fingerprint density at radius 2 is 1.51 bits per heavy atom. The van der Waals surface area contributed by atoms with Crippen LogP contribution in [0.5, 0.6) is 11.5 Å². The van der Waals surface area contributed by atoms with Crippen LogP contribution < -0.4 is 19.1 Å². The van der Waals surface area contributed by atoms with Crippen LogP contribution in [0, 0.1) is 0 Å². The van der Waals surface area contributed by atoms with Gasteiger partial charge in [0.2, 0.25) is 21.8 Å². The van der Waals surface area contributed by atoms with E-state index in [9.17, 15) is 18.0 Å². The number of carbonyl (C=O) groups is 2. The molecule has 10 heteroatoms. The summed E-state index contributed by atoms with van der Waals surface area (Å²) < 4.78 is 36.4. The Morgan fingerprint density at radius 1 is 0.971 bits per heavy atom. The number of nitrogens with one attached hydrogen (secondary N) is 1. The molecule has 9 nitrogen and oxygen atoms in total. The van der Waals surface area contributed by atoms with E-state index in [0.717, 1.165) is 11.8 Å². The molecule has 0 saturated carbocycles. The lowest BCUT2D eigenvalue weighted by Crippen LogP contribution is -2.48. The topological polar surface area (TPSA) is 105 Å². The Bertz CT molecular complexity index is 1070. The predicted octanol–water partition coefficient (Wildman–Crippen LogP) is 2.80. The molecule has 2 aromatic carbocycles. The van der Waals surface area contributed by atoms with Crippen molar-refractivity contribution in [3.63, 3.8) is 0 Å². The highest BCUT2D eigenvalue weighted by Gasteiger charge is 2.28. The number of hydrogen-bond acceptors (Lipinski definition) is 6. The molecule has 1 N–H and O–H groups in total. The van der Waals surface area contributed by atoms with Crippen LogP contribution in [0.25, 0.3) is 0 Å². The molecule has 0 fully saturated rings. The minimum atomic E-state index is -3.56. The average molecular weight is 506 g/mol. The summed E-state index contributed by atoms with van der Waals surface area (Å²) in [6, 6.07) is 13.4. The van der Waals surface area contributed by atoms with Crippen LogP contribution >= 0.6 is 0 Å². The van der Waals surface area contributed by atoms with Crippen LogP contribution in [0.1, 0.15) is 31.7 Å². The molecular formula is C25H35N3O6S. The number of anilines is 1. The van der Waals surface area contributed by atoms with E-state index in [1.165, 1.54) is 11.4 Å². The first-order chi connectivity index (χ1) is 16.6. The van der Waals surface area contributed by atoms with E-state index >= 15 is 0 Å². The summed E-state index contributed by atoms with van der Waals surface area (Å²) in [4.78, 5) is 27.3. The van der Waals surface area contributed by atoms with Crippen molar-refractivity contribution in [2.24, 2.45) is 0 Å². The van der Waals surface area contributed by atoms with E-state index in [4.69, 9.17) is 9.47 Å². The summed E-state index contributed by atoms with van der Waals surface area (Å²) in [5.74, 6) is 0.848. The highest BCUT2D eigenvalue weighted by atomic mass is 32.2. The van der Waals surface area contributed by atoms with Crippen LogP contribution in [0.15, 0.2) is 48.5 Å². The van der Waals surface area contributed by atoms with Gasteiger partial charge in [0, 0.05) is 26.6 Å². The summed E-state index contributed by atoms with van der Waals surface area (Å²) in [6.07, 6.45) is 1.96. The molecule has 0 aliphatic carbocycles. The minimum absolute atomic E-state index is 0.0891. The summed E-state index contributed by atoms with van der Waals surface area (Å²) in [7, 11) is 1.10. The van der Waals surface area contributed by atoms with Gasteiger partial charge in [-0.2, -0.15) is 0 Å². The van der Waals surface area contributed by atoms with Crippen LogP contribution in [0.4, 0.5) is 5.69 Å². The Hall–Kier alpha value is -3.27. The molecule has 2 rings (SSSR count). The van der Waals surface area contributed by atoms with Crippen molar-refractivity contribution in [3.8, 4) is 11.5 Å². The highest BCUT2D eigenvalue weighted by Crippen LogP contribution is 2.23. The molecule has 0 aromatic heterocycles. The summed E-state index contributed by atoms with van der Waals surface area (Å²) >= 11 is 0. The standard InChI is InChI=1S/C25H35N3O6S/c1-6-23(25(30)26-2)27(18-19-9-13-21(33-3)14-10-19)24(29)8-7-17-28(35(5,31)32)20-11-15-22(34-4)16-12-20/h9-16,23H,6-8,17-18H2,1-5H3,(H,26,30)/t23-/m0/s1. The monoisotopic (exact) mass is 505 g/mol. The number of nitrogens with zero attached hydrogens (tertiary/aromatic N) is 2. The zero-order valence-electron chi connectivity index (χ0n) is 21.0. The van der Waals surface area contributed by atoms with Crippen molar-refractivity contribution in [2.75, 3.05) is 38.4 Å². The van der Waals surface area contributed by atoms with E-state index in [1.54, 1.807) is 55.5 Å². The van der Waals surface area contributed by atoms with Gasteiger partial charge in [-0.1, -0.05) is 19.1 Å². The van der Waals surface area contributed by atoms with Gasteiger partial charge in [-0.05, 0) is 54.8 Å². The van der Waals surface area contributed by atoms with Crippen molar-refractivity contribution >= 4 is 27.5 Å². The normalized spacial score (nSPS) is 11.9. The summed E-state index contributed by atoms with van der Waals surface area (Å²) in [5.41, 5.74) is 1.35. The lowest BCUT2D eigenvalue weighted by molar-refractivity contribution is -0.141. The molecular weight excluding hydrogens is 470 g/mol. The fourth-order valence-electron chi connectivity index (χ4n) is 3.77. The first-order valence-corrected chi connectivity index (χ1v) is 13.2. The third kappa shape index (κ3) is 7.88. The van der Waals surface area contributed by atoms with Crippen molar-refractivity contribution in [1.29, 1.82) is 0 Å². The molecule has 2 aromatic rings. The minimum Gasteiger partial charge on any atom is -0.497 e. The number of carbonyl (C=O) groups excluding carboxylic acids is 2. The molecule has 0 heterocycles. The molecule has 0 unspecified atom stereocenters. The molecule has 0 aliphatic rings. The average Bonchev–Trinajstić information content (AvgIpc) is 2.85. The van der Waals surface area contributed by atoms with E-state index in [-0.39, 0.29) is 31.3 Å². The molecule has 0 radical (unpaired) electrons. The van der Waals surface area contributed by atoms with E-state index in [2.05, 4.69) is 5.32 Å². The van der Waals surface area contributed by atoms with Crippen molar-refractivity contribution in [2.45, 2.75) is 38.8 Å². The van der Waals surface area contributed by atoms with Gasteiger partial charge in [0.25, 0.3) is 0 Å². The van der Waals surface area contributed by atoms with E-state index in [1.807, 2.05) is 19.1 Å². The molecule has 0 aliphatic heterocycles. The smallest absolute Gasteiger partial charge is 0.242 e. The summed E-state index contributed by atoms with van der Waals surface area (Å²) in [5, 5.41) is 2.63. The van der Waals surface area contributed by atoms with Gasteiger partial charge in [0.15, 0.2) is 0 Å². The molecule has 35 heavy (non-hydrogen) atoms. The van der Waals surface area contributed by atoms with E-state index < -0.39 is 16.1 Å². The third-order valence-corrected chi connectivity index (χ3v) is 6.85. The van der Waals surface area contributed by atoms with Crippen LogP contribution in [0.2, 0.25) is 0 Å². The highest BCUT2D eigenvalue weighted by molar-refractivity contribution is 7.92. The zero-order valence-corrected chi connectivity index (χ0v) is 21.8. The molecule has 0 spiro atoms. The second kappa shape index (κ2) is 13.0. The van der Waals surface area contributed by atoms with Crippen LogP contribution in [-0.4, -0.2) is 65.2 Å². The van der Waals surface area contributed by atoms with Crippen LogP contribution in [-0.2, 0) is 26.2 Å². The number of amides is 2. The van der Waals surface area contributed by atoms with Crippen molar-refractivity contribution < 1.29 is 27.5 Å². The first kappa shape index (κ1) is 28.0. The fourth-order valence-corrected chi connectivity index (χ4v) is 4.73. The number of benzene rings is 2. The number of rotatable bonds is 13. The van der Waals surface area contributed by atoms with Gasteiger partial charge >= 0.3 is 0 Å². The third-order valence-electron chi connectivity index (χ3n) is 5.66. The molecule has 1 atom stereocenters. The number of hydrogen-bond donors (Lipinski definition) is 1. The van der Waals surface area contributed by atoms with Crippen molar-refractivity contribution in [1.82, 2.24) is 10.2 Å². The second-order valence-corrected chi connectivity index (χ2v) is 9.95. The lowest BCUT2D eigenvalue weighted by Gasteiger charge is -2.31. The van der Waals surface area contributed by atoms with Gasteiger partial charge in [0.1, 0.15) is 17.5 Å². The molecule has 192 valence electrons. The number of likely N-dealkylation sites (N-methyl/N-ethyl adjacent to an activating group) is 1. The van der Waals surface area contributed by atoms with Gasteiger partial charge in [-0.3, -0.25) is 13.9 Å².